The fraction of sp³-hybridized carbons (Fsp3) is 0.600. The van der Waals surface area contributed by atoms with E-state index in [4.69, 9.17) is 0 Å². The van der Waals surface area contributed by atoms with Crippen LogP contribution in [0.2, 0.25) is 0 Å². The molecule has 20 heavy (non-hydrogen) atoms. The van der Waals surface area contributed by atoms with E-state index in [9.17, 15) is 10.1 Å². The molecule has 2 atom stereocenters. The molecule has 0 unspecified atom stereocenters. The number of benzene rings is 1. The number of nitro groups is 1. The normalized spacial score (nSPS) is 22.9. The van der Waals surface area contributed by atoms with E-state index in [2.05, 4.69) is 34.7 Å². The summed E-state index contributed by atoms with van der Waals surface area (Å²) in [5, 5.41) is 11.0. The summed E-state index contributed by atoms with van der Waals surface area (Å²) in [5.74, 6) is 0. The number of nitro benzene ring substituents is 1. The van der Waals surface area contributed by atoms with Gasteiger partial charge in [0.05, 0.1) is 10.6 Å². The van der Waals surface area contributed by atoms with Crippen molar-refractivity contribution in [1.29, 1.82) is 0 Å². The van der Waals surface area contributed by atoms with Crippen LogP contribution in [0.25, 0.3) is 0 Å². The van der Waals surface area contributed by atoms with Crippen LogP contribution >= 0.6 is 15.9 Å². The van der Waals surface area contributed by atoms with Crippen LogP contribution in [-0.2, 0) is 6.42 Å². The van der Waals surface area contributed by atoms with Crippen LogP contribution in [0.1, 0.15) is 45.6 Å². The van der Waals surface area contributed by atoms with Crippen molar-refractivity contribution in [3.8, 4) is 0 Å². The van der Waals surface area contributed by atoms with Gasteiger partial charge in [0.2, 0.25) is 0 Å². The minimum atomic E-state index is -0.323. The van der Waals surface area contributed by atoms with Gasteiger partial charge in [-0.15, -0.1) is 0 Å². The molecule has 0 spiro atoms. The Bertz CT molecular complexity index is 509. The van der Waals surface area contributed by atoms with E-state index in [1.165, 1.54) is 19.3 Å². The van der Waals surface area contributed by atoms with Gasteiger partial charge in [-0.05, 0) is 61.0 Å². The molecule has 1 aromatic carbocycles. The average molecular weight is 341 g/mol. The van der Waals surface area contributed by atoms with Gasteiger partial charge in [0.25, 0.3) is 5.69 Å². The lowest BCUT2D eigenvalue weighted by atomic mass is 9.95. The molecule has 2 rings (SSSR count). The van der Waals surface area contributed by atoms with Crippen molar-refractivity contribution in [2.45, 2.75) is 58.5 Å². The zero-order chi connectivity index (χ0) is 14.9. The summed E-state index contributed by atoms with van der Waals surface area (Å²) in [4.78, 5) is 13.1. The highest BCUT2D eigenvalue weighted by Crippen LogP contribution is 2.39. The summed E-state index contributed by atoms with van der Waals surface area (Å²) >= 11 is 3.55. The van der Waals surface area contributed by atoms with Crippen molar-refractivity contribution < 1.29 is 4.92 Å². The Hall–Kier alpha value is -1.10. The van der Waals surface area contributed by atoms with E-state index in [0.717, 1.165) is 22.1 Å². The molecule has 1 fully saturated rings. The molecule has 0 N–H and O–H groups in total. The van der Waals surface area contributed by atoms with E-state index in [1.807, 2.05) is 6.92 Å². The smallest absolute Gasteiger partial charge is 0.270 e. The zero-order valence-electron chi connectivity index (χ0n) is 12.2. The topological polar surface area (TPSA) is 46.4 Å². The van der Waals surface area contributed by atoms with Crippen LogP contribution in [0.3, 0.4) is 0 Å². The van der Waals surface area contributed by atoms with Gasteiger partial charge in [-0.1, -0.05) is 6.92 Å². The largest absolute Gasteiger partial charge is 0.365 e. The fourth-order valence-electron chi connectivity index (χ4n) is 3.17. The highest BCUT2D eigenvalue weighted by molar-refractivity contribution is 9.10. The number of nitrogens with zero attached hydrogens (tertiary/aromatic N) is 2. The highest BCUT2D eigenvalue weighted by atomic mass is 79.9. The quantitative estimate of drug-likeness (QED) is 0.592. The third-order valence-electron chi connectivity index (χ3n) is 4.17. The molecular formula is C15H21BrN2O2. The molecule has 1 aromatic rings. The van der Waals surface area contributed by atoms with Gasteiger partial charge in [-0.2, -0.15) is 0 Å². The van der Waals surface area contributed by atoms with Crippen molar-refractivity contribution in [1.82, 2.24) is 0 Å². The number of aryl methyl sites for hydroxylation is 1. The third-order valence-corrected chi connectivity index (χ3v) is 4.78. The molecule has 5 heteroatoms. The predicted molar refractivity (Wildman–Crippen MR) is 85.4 cm³/mol. The molecule has 1 aliphatic heterocycles. The van der Waals surface area contributed by atoms with E-state index >= 15 is 0 Å². The van der Waals surface area contributed by atoms with Crippen LogP contribution < -0.4 is 4.90 Å². The Morgan fingerprint density at radius 2 is 1.95 bits per heavy atom. The first-order chi connectivity index (χ1) is 9.45. The second-order valence-electron chi connectivity index (χ2n) is 5.58. The molecule has 1 aliphatic rings. The average Bonchev–Trinajstić information content (AvgIpc) is 2.39. The minimum Gasteiger partial charge on any atom is -0.365 e. The molecule has 0 aliphatic carbocycles. The van der Waals surface area contributed by atoms with E-state index in [0.29, 0.717) is 12.1 Å². The summed E-state index contributed by atoms with van der Waals surface area (Å²) in [6, 6.07) is 4.29. The Labute approximate surface area is 128 Å². The van der Waals surface area contributed by atoms with Gasteiger partial charge in [-0.25, -0.2) is 0 Å². The minimum absolute atomic E-state index is 0.162. The maximum atomic E-state index is 11.0. The highest BCUT2D eigenvalue weighted by Gasteiger charge is 2.29. The van der Waals surface area contributed by atoms with Crippen molar-refractivity contribution >= 4 is 27.3 Å². The summed E-state index contributed by atoms with van der Waals surface area (Å²) in [6.45, 7) is 6.53. The number of hydrogen-bond acceptors (Lipinski definition) is 3. The number of rotatable bonds is 3. The summed E-state index contributed by atoms with van der Waals surface area (Å²) in [7, 11) is 0. The van der Waals surface area contributed by atoms with Crippen molar-refractivity contribution in [2.24, 2.45) is 0 Å². The number of anilines is 1. The maximum Gasteiger partial charge on any atom is 0.270 e. The second-order valence-corrected chi connectivity index (χ2v) is 6.44. The first-order valence-corrected chi connectivity index (χ1v) is 8.00. The second kappa shape index (κ2) is 6.12. The zero-order valence-corrected chi connectivity index (χ0v) is 13.8. The summed E-state index contributed by atoms with van der Waals surface area (Å²) in [5.41, 5.74) is 2.35. The number of piperidine rings is 1. The first-order valence-electron chi connectivity index (χ1n) is 7.20. The number of halogens is 1. The Morgan fingerprint density at radius 3 is 2.45 bits per heavy atom. The maximum absolute atomic E-state index is 11.0. The van der Waals surface area contributed by atoms with Gasteiger partial charge in [0.1, 0.15) is 0 Å². The predicted octanol–water partition coefficient (Wildman–Crippen LogP) is 4.69. The van der Waals surface area contributed by atoms with Crippen LogP contribution in [0.4, 0.5) is 11.4 Å². The van der Waals surface area contributed by atoms with Crippen LogP contribution in [0.15, 0.2) is 16.6 Å². The molecule has 0 amide bonds. The van der Waals surface area contributed by atoms with Crippen molar-refractivity contribution in [3.05, 3.63) is 32.3 Å². The molecular weight excluding hydrogens is 320 g/mol. The molecule has 0 saturated carbocycles. The Kier molecular flexibility index (Phi) is 4.68. The van der Waals surface area contributed by atoms with Crippen LogP contribution in [0.5, 0.6) is 0 Å². The first kappa shape index (κ1) is 15.3. The van der Waals surface area contributed by atoms with Gasteiger partial charge >= 0.3 is 0 Å². The number of hydrogen-bond donors (Lipinski definition) is 0. The Balaban J connectivity index is 2.52. The lowest BCUT2D eigenvalue weighted by Gasteiger charge is -2.42. The molecule has 110 valence electrons. The summed E-state index contributed by atoms with van der Waals surface area (Å²) in [6.07, 6.45) is 4.41. The van der Waals surface area contributed by atoms with Crippen molar-refractivity contribution in [2.75, 3.05) is 4.90 Å². The van der Waals surface area contributed by atoms with E-state index < -0.39 is 0 Å². The summed E-state index contributed by atoms with van der Waals surface area (Å²) < 4.78 is 0.837. The number of non-ortho nitro benzene ring substituents is 1. The van der Waals surface area contributed by atoms with Crippen LogP contribution in [-0.4, -0.2) is 17.0 Å². The monoisotopic (exact) mass is 340 g/mol. The fourth-order valence-corrected chi connectivity index (χ4v) is 3.86. The van der Waals surface area contributed by atoms with E-state index in [1.54, 1.807) is 12.1 Å². The molecule has 0 bridgehead atoms. The van der Waals surface area contributed by atoms with Gasteiger partial charge < -0.3 is 4.90 Å². The van der Waals surface area contributed by atoms with Gasteiger partial charge in [0.15, 0.2) is 0 Å². The lowest BCUT2D eigenvalue weighted by Crippen LogP contribution is -2.44. The van der Waals surface area contributed by atoms with Crippen molar-refractivity contribution in [3.63, 3.8) is 0 Å². The Morgan fingerprint density at radius 1 is 1.35 bits per heavy atom. The molecule has 1 heterocycles. The molecule has 1 saturated heterocycles. The molecule has 4 nitrogen and oxygen atoms in total. The lowest BCUT2D eigenvalue weighted by molar-refractivity contribution is -0.385. The van der Waals surface area contributed by atoms with E-state index in [-0.39, 0.29) is 10.6 Å². The van der Waals surface area contributed by atoms with Gasteiger partial charge in [0, 0.05) is 28.7 Å². The molecule has 0 aromatic heterocycles. The third kappa shape index (κ3) is 2.82. The molecule has 0 radical (unpaired) electrons. The van der Waals surface area contributed by atoms with Gasteiger partial charge in [-0.3, -0.25) is 10.1 Å². The SMILES string of the molecule is CCc1cc([N+](=O)[O-])cc(Br)c1N1[C@H](C)CCC[C@@H]1C. The van der Waals surface area contributed by atoms with Crippen LogP contribution in [0, 0.1) is 10.1 Å². The standard InChI is InChI=1S/C15H21BrN2O2/c1-4-12-8-13(18(19)20)9-14(16)15(12)17-10(2)6-5-7-11(17)3/h8-11H,4-7H2,1-3H3/t10-,11+.